The Bertz CT molecular complexity index is 352. The van der Waals surface area contributed by atoms with Gasteiger partial charge in [0.15, 0.2) is 5.78 Å². The lowest BCUT2D eigenvalue weighted by Gasteiger charge is -2.02. The van der Waals surface area contributed by atoms with Crippen molar-refractivity contribution in [2.24, 2.45) is 5.92 Å². The van der Waals surface area contributed by atoms with Gasteiger partial charge in [0.2, 0.25) is 0 Å². The minimum Gasteiger partial charge on any atom is -0.294 e. The summed E-state index contributed by atoms with van der Waals surface area (Å²) in [7, 11) is 0. The summed E-state index contributed by atoms with van der Waals surface area (Å²) in [5.41, 5.74) is 0.876. The number of ketones is 1. The standard InChI is InChI=1S/C14H18OS/c1-2-16-13-8-6-12(7-9-13)14(15)10-5-11-3-4-11/h6-9,11H,2-5,10H2,1H3. The molecule has 1 aliphatic rings. The summed E-state index contributed by atoms with van der Waals surface area (Å²) in [6, 6.07) is 8.04. The van der Waals surface area contributed by atoms with Crippen LogP contribution in [-0.2, 0) is 0 Å². The summed E-state index contributed by atoms with van der Waals surface area (Å²) >= 11 is 1.81. The molecule has 1 aromatic rings. The van der Waals surface area contributed by atoms with Gasteiger partial charge in [0.1, 0.15) is 0 Å². The second-order valence-corrected chi connectivity index (χ2v) is 5.70. The fourth-order valence-corrected chi connectivity index (χ4v) is 2.45. The summed E-state index contributed by atoms with van der Waals surface area (Å²) in [5, 5.41) is 0. The normalized spacial score (nSPS) is 15.1. The van der Waals surface area contributed by atoms with Gasteiger partial charge in [-0.05, 0) is 30.2 Å². The predicted molar refractivity (Wildman–Crippen MR) is 69.1 cm³/mol. The topological polar surface area (TPSA) is 17.1 Å². The van der Waals surface area contributed by atoms with Crippen molar-refractivity contribution in [1.82, 2.24) is 0 Å². The van der Waals surface area contributed by atoms with Crippen molar-refractivity contribution in [1.29, 1.82) is 0 Å². The minimum absolute atomic E-state index is 0.306. The largest absolute Gasteiger partial charge is 0.294 e. The van der Waals surface area contributed by atoms with E-state index in [1.165, 1.54) is 17.7 Å². The fraction of sp³-hybridized carbons (Fsp3) is 0.500. The summed E-state index contributed by atoms with van der Waals surface area (Å²) in [6.07, 6.45) is 4.48. The lowest BCUT2D eigenvalue weighted by Crippen LogP contribution is -1.99. The van der Waals surface area contributed by atoms with Gasteiger partial charge in [-0.25, -0.2) is 0 Å². The van der Waals surface area contributed by atoms with E-state index in [9.17, 15) is 4.79 Å². The van der Waals surface area contributed by atoms with Gasteiger partial charge in [0.25, 0.3) is 0 Å². The van der Waals surface area contributed by atoms with E-state index >= 15 is 0 Å². The van der Waals surface area contributed by atoms with Crippen molar-refractivity contribution in [2.75, 3.05) is 5.75 Å². The third-order valence-corrected chi connectivity index (χ3v) is 3.86. The van der Waals surface area contributed by atoms with Crippen LogP contribution < -0.4 is 0 Å². The van der Waals surface area contributed by atoms with Gasteiger partial charge in [-0.15, -0.1) is 11.8 Å². The summed E-state index contributed by atoms with van der Waals surface area (Å²) < 4.78 is 0. The molecule has 0 N–H and O–H groups in total. The quantitative estimate of drug-likeness (QED) is 0.543. The van der Waals surface area contributed by atoms with E-state index in [2.05, 4.69) is 19.1 Å². The van der Waals surface area contributed by atoms with Gasteiger partial charge in [-0.3, -0.25) is 4.79 Å². The number of carbonyl (C=O) groups is 1. The molecule has 2 rings (SSSR count). The number of Topliss-reactive ketones (excluding diaryl/α,β-unsaturated/α-hetero) is 1. The van der Waals surface area contributed by atoms with Gasteiger partial charge in [-0.2, -0.15) is 0 Å². The Morgan fingerprint density at radius 3 is 2.56 bits per heavy atom. The molecular formula is C14H18OS. The van der Waals surface area contributed by atoms with Crippen LogP contribution in [-0.4, -0.2) is 11.5 Å². The van der Waals surface area contributed by atoms with Crippen LogP contribution in [0.1, 0.15) is 43.0 Å². The first-order valence-electron chi connectivity index (χ1n) is 6.05. The Morgan fingerprint density at radius 2 is 2.00 bits per heavy atom. The molecule has 0 bridgehead atoms. The van der Waals surface area contributed by atoms with E-state index in [0.29, 0.717) is 5.78 Å². The SMILES string of the molecule is CCSc1ccc(C(=O)CCC2CC2)cc1. The molecule has 0 amide bonds. The highest BCUT2D eigenvalue weighted by Gasteiger charge is 2.22. The maximum absolute atomic E-state index is 11.8. The first kappa shape index (κ1) is 11.7. The lowest BCUT2D eigenvalue weighted by atomic mass is 10.1. The maximum atomic E-state index is 11.8. The van der Waals surface area contributed by atoms with Gasteiger partial charge in [-0.1, -0.05) is 31.9 Å². The molecule has 2 heteroatoms. The van der Waals surface area contributed by atoms with Gasteiger partial charge < -0.3 is 0 Å². The van der Waals surface area contributed by atoms with Crippen LogP contribution in [0.4, 0.5) is 0 Å². The fourth-order valence-electron chi connectivity index (χ4n) is 1.79. The van der Waals surface area contributed by atoms with Gasteiger partial charge in [0.05, 0.1) is 0 Å². The average Bonchev–Trinajstić information content (AvgIpc) is 3.11. The molecular weight excluding hydrogens is 216 g/mol. The Labute approximate surface area is 102 Å². The van der Waals surface area contributed by atoms with Crippen LogP contribution in [0, 0.1) is 5.92 Å². The maximum Gasteiger partial charge on any atom is 0.162 e. The molecule has 1 saturated carbocycles. The van der Waals surface area contributed by atoms with Crippen molar-refractivity contribution in [3.05, 3.63) is 29.8 Å². The van der Waals surface area contributed by atoms with E-state index in [1.807, 2.05) is 23.9 Å². The van der Waals surface area contributed by atoms with Crippen molar-refractivity contribution in [2.45, 2.75) is 37.5 Å². The predicted octanol–water partition coefficient (Wildman–Crippen LogP) is 4.17. The molecule has 86 valence electrons. The van der Waals surface area contributed by atoms with Gasteiger partial charge >= 0.3 is 0 Å². The van der Waals surface area contributed by atoms with E-state index in [1.54, 1.807) is 0 Å². The minimum atomic E-state index is 0.306. The summed E-state index contributed by atoms with van der Waals surface area (Å²) in [6.45, 7) is 2.14. The molecule has 1 aromatic carbocycles. The molecule has 0 aliphatic heterocycles. The van der Waals surface area contributed by atoms with Crippen LogP contribution in [0.5, 0.6) is 0 Å². The molecule has 16 heavy (non-hydrogen) atoms. The number of carbonyl (C=O) groups excluding carboxylic acids is 1. The van der Waals surface area contributed by atoms with Crippen LogP contribution >= 0.6 is 11.8 Å². The van der Waals surface area contributed by atoms with Crippen molar-refractivity contribution < 1.29 is 4.79 Å². The molecule has 0 radical (unpaired) electrons. The molecule has 0 unspecified atom stereocenters. The zero-order chi connectivity index (χ0) is 11.4. The van der Waals surface area contributed by atoms with Crippen LogP contribution in [0.25, 0.3) is 0 Å². The molecule has 0 heterocycles. The molecule has 0 atom stereocenters. The third kappa shape index (κ3) is 3.38. The highest BCUT2D eigenvalue weighted by Crippen LogP contribution is 2.33. The number of rotatable bonds is 6. The summed E-state index contributed by atoms with van der Waals surface area (Å²) in [5.74, 6) is 2.23. The number of hydrogen-bond acceptors (Lipinski definition) is 2. The Kier molecular flexibility index (Phi) is 4.05. The molecule has 1 nitrogen and oxygen atoms in total. The molecule has 1 aliphatic carbocycles. The summed E-state index contributed by atoms with van der Waals surface area (Å²) in [4.78, 5) is 13.1. The molecule has 0 spiro atoms. The van der Waals surface area contributed by atoms with Crippen LogP contribution in [0.15, 0.2) is 29.2 Å². The highest BCUT2D eigenvalue weighted by atomic mass is 32.2. The zero-order valence-corrected chi connectivity index (χ0v) is 10.6. The first-order valence-corrected chi connectivity index (χ1v) is 7.04. The Morgan fingerprint density at radius 1 is 1.31 bits per heavy atom. The van der Waals surface area contributed by atoms with E-state index in [4.69, 9.17) is 0 Å². The molecule has 0 saturated heterocycles. The third-order valence-electron chi connectivity index (χ3n) is 2.96. The van der Waals surface area contributed by atoms with Crippen LogP contribution in [0.3, 0.4) is 0 Å². The second kappa shape index (κ2) is 5.53. The van der Waals surface area contributed by atoms with Gasteiger partial charge in [0, 0.05) is 16.9 Å². The van der Waals surface area contributed by atoms with Crippen molar-refractivity contribution in [3.63, 3.8) is 0 Å². The van der Waals surface area contributed by atoms with E-state index in [-0.39, 0.29) is 0 Å². The second-order valence-electron chi connectivity index (χ2n) is 4.36. The lowest BCUT2D eigenvalue weighted by molar-refractivity contribution is 0.0978. The number of hydrogen-bond donors (Lipinski definition) is 0. The Balaban J connectivity index is 1.88. The average molecular weight is 234 g/mol. The number of thioether (sulfide) groups is 1. The first-order chi connectivity index (χ1) is 7.79. The van der Waals surface area contributed by atoms with E-state index in [0.717, 1.165) is 30.1 Å². The van der Waals surface area contributed by atoms with E-state index < -0.39 is 0 Å². The molecule has 1 fully saturated rings. The van der Waals surface area contributed by atoms with Crippen molar-refractivity contribution in [3.8, 4) is 0 Å². The Hall–Kier alpha value is -0.760. The smallest absolute Gasteiger partial charge is 0.162 e. The molecule has 0 aromatic heterocycles. The highest BCUT2D eigenvalue weighted by molar-refractivity contribution is 7.99. The van der Waals surface area contributed by atoms with Crippen LogP contribution in [0.2, 0.25) is 0 Å². The van der Waals surface area contributed by atoms with Crippen molar-refractivity contribution >= 4 is 17.5 Å². The zero-order valence-electron chi connectivity index (χ0n) is 9.74. The number of benzene rings is 1. The monoisotopic (exact) mass is 234 g/mol.